The largest absolute Gasteiger partial charge is 0.302 e. The molecule has 0 atom stereocenters. The summed E-state index contributed by atoms with van der Waals surface area (Å²) in [6.45, 7) is 5.46. The topological polar surface area (TPSA) is 45.0 Å². The van der Waals surface area contributed by atoms with Gasteiger partial charge in [0.25, 0.3) is 0 Å². The molecule has 10 heavy (non-hydrogen) atoms. The lowest BCUT2D eigenvalue weighted by molar-refractivity contribution is 0.0252. The van der Waals surface area contributed by atoms with Gasteiger partial charge in [0.1, 0.15) is 0 Å². The zero-order valence-corrected chi connectivity index (χ0v) is 6.55. The minimum Gasteiger partial charge on any atom is -0.302 e. The van der Waals surface area contributed by atoms with E-state index in [0.717, 1.165) is 0 Å². The second-order valence-corrected chi connectivity index (χ2v) is 2.51. The van der Waals surface area contributed by atoms with Crippen molar-refractivity contribution in [1.29, 1.82) is 5.26 Å². The van der Waals surface area contributed by atoms with E-state index >= 15 is 0 Å². The molecule has 0 saturated heterocycles. The van der Waals surface area contributed by atoms with Gasteiger partial charge in [-0.05, 0) is 5.92 Å². The Balaban J connectivity index is 2.86. The Kier molecular flexibility index (Phi) is 6.14. The normalized spacial score (nSPS) is 9.80. The highest BCUT2D eigenvalue weighted by Crippen LogP contribution is 1.89. The van der Waals surface area contributed by atoms with Crippen molar-refractivity contribution >= 4 is 0 Å². The molecule has 3 nitrogen and oxygen atoms in total. The van der Waals surface area contributed by atoms with Crippen LogP contribution in [0.4, 0.5) is 0 Å². The molecule has 0 aliphatic carbocycles. The van der Waals surface area contributed by atoms with Crippen LogP contribution in [0.1, 0.15) is 20.3 Å². The molecule has 0 unspecified atom stereocenters. The van der Waals surface area contributed by atoms with Crippen LogP contribution in [0, 0.1) is 17.2 Å². The molecule has 0 aromatic heterocycles. The van der Waals surface area contributed by atoms with Crippen molar-refractivity contribution < 1.29 is 4.84 Å². The Morgan fingerprint density at radius 3 is 2.80 bits per heavy atom. The van der Waals surface area contributed by atoms with Gasteiger partial charge < -0.3 is 4.84 Å². The number of hydroxylamine groups is 1. The predicted molar refractivity (Wildman–Crippen MR) is 39.0 cm³/mol. The summed E-state index contributed by atoms with van der Waals surface area (Å²) >= 11 is 0. The van der Waals surface area contributed by atoms with Gasteiger partial charge in [-0.25, -0.2) is 5.48 Å². The van der Waals surface area contributed by atoms with E-state index in [1.807, 2.05) is 6.07 Å². The molecule has 1 N–H and O–H groups in total. The standard InChI is InChI=1S/C7H14N2O/c1-7(2)6-10-9-5-3-4-8/h7,9H,3,5-6H2,1-2H3. The average Bonchev–Trinajstić information content (AvgIpc) is 1.87. The highest BCUT2D eigenvalue weighted by atomic mass is 16.6. The van der Waals surface area contributed by atoms with Gasteiger partial charge in [-0.3, -0.25) is 0 Å². The van der Waals surface area contributed by atoms with Crippen LogP contribution in [0.5, 0.6) is 0 Å². The first kappa shape index (κ1) is 9.41. The van der Waals surface area contributed by atoms with E-state index in [-0.39, 0.29) is 0 Å². The summed E-state index contributed by atoms with van der Waals surface area (Å²) in [7, 11) is 0. The fourth-order valence-electron chi connectivity index (χ4n) is 0.405. The lowest BCUT2D eigenvalue weighted by atomic mass is 10.2. The van der Waals surface area contributed by atoms with Crippen LogP contribution in [0.3, 0.4) is 0 Å². The molecule has 58 valence electrons. The van der Waals surface area contributed by atoms with E-state index in [9.17, 15) is 0 Å². The first-order chi connectivity index (χ1) is 4.77. The highest BCUT2D eigenvalue weighted by molar-refractivity contribution is 4.68. The van der Waals surface area contributed by atoms with Gasteiger partial charge in [0.2, 0.25) is 0 Å². The van der Waals surface area contributed by atoms with E-state index in [2.05, 4.69) is 19.3 Å². The third-order valence-corrected chi connectivity index (χ3v) is 0.858. The van der Waals surface area contributed by atoms with Crippen LogP contribution in [0.2, 0.25) is 0 Å². The van der Waals surface area contributed by atoms with Crippen LogP contribution in [-0.4, -0.2) is 13.2 Å². The molecule has 0 aliphatic heterocycles. The third kappa shape index (κ3) is 7.41. The molecular formula is C7H14N2O. The smallest absolute Gasteiger partial charge is 0.0705 e. The first-order valence-corrected chi connectivity index (χ1v) is 3.49. The lowest BCUT2D eigenvalue weighted by Crippen LogP contribution is -2.18. The number of rotatable bonds is 5. The Morgan fingerprint density at radius 2 is 2.30 bits per heavy atom. The van der Waals surface area contributed by atoms with E-state index in [4.69, 9.17) is 10.1 Å². The Morgan fingerprint density at radius 1 is 1.60 bits per heavy atom. The monoisotopic (exact) mass is 142 g/mol. The second kappa shape index (κ2) is 6.53. The summed E-state index contributed by atoms with van der Waals surface area (Å²) in [5.41, 5.74) is 2.70. The van der Waals surface area contributed by atoms with E-state index in [1.54, 1.807) is 0 Å². The van der Waals surface area contributed by atoms with Gasteiger partial charge in [0, 0.05) is 13.0 Å². The van der Waals surface area contributed by atoms with Crippen molar-refractivity contribution in [2.45, 2.75) is 20.3 Å². The van der Waals surface area contributed by atoms with Crippen LogP contribution >= 0.6 is 0 Å². The van der Waals surface area contributed by atoms with Gasteiger partial charge in [-0.1, -0.05) is 13.8 Å². The van der Waals surface area contributed by atoms with Crippen LogP contribution in [0.25, 0.3) is 0 Å². The minimum atomic E-state index is 0.498. The summed E-state index contributed by atoms with van der Waals surface area (Å²) in [5.74, 6) is 0.537. The third-order valence-electron chi connectivity index (χ3n) is 0.858. The highest BCUT2D eigenvalue weighted by Gasteiger charge is 1.91. The quantitative estimate of drug-likeness (QED) is 0.461. The van der Waals surface area contributed by atoms with Gasteiger partial charge in [-0.2, -0.15) is 5.26 Å². The van der Waals surface area contributed by atoms with Crippen LogP contribution < -0.4 is 5.48 Å². The lowest BCUT2D eigenvalue weighted by Gasteiger charge is -2.05. The van der Waals surface area contributed by atoms with E-state index < -0.39 is 0 Å². The van der Waals surface area contributed by atoms with Crippen molar-refractivity contribution in [3.8, 4) is 6.07 Å². The Bertz CT molecular complexity index is 107. The van der Waals surface area contributed by atoms with Crippen molar-refractivity contribution in [3.63, 3.8) is 0 Å². The van der Waals surface area contributed by atoms with Gasteiger partial charge in [0.15, 0.2) is 0 Å². The summed E-state index contributed by atoms with van der Waals surface area (Å²) < 4.78 is 0. The first-order valence-electron chi connectivity index (χ1n) is 3.49. The summed E-state index contributed by atoms with van der Waals surface area (Å²) in [6, 6.07) is 2.01. The summed E-state index contributed by atoms with van der Waals surface area (Å²) in [4.78, 5) is 5.00. The Labute approximate surface area is 61.9 Å². The molecule has 0 fully saturated rings. The van der Waals surface area contributed by atoms with Gasteiger partial charge in [0.05, 0.1) is 12.7 Å². The van der Waals surface area contributed by atoms with Gasteiger partial charge >= 0.3 is 0 Å². The molecule has 0 aliphatic rings. The van der Waals surface area contributed by atoms with Gasteiger partial charge in [-0.15, -0.1) is 0 Å². The molecule has 0 rings (SSSR count). The van der Waals surface area contributed by atoms with Crippen molar-refractivity contribution in [3.05, 3.63) is 0 Å². The second-order valence-electron chi connectivity index (χ2n) is 2.51. The molecule has 0 bridgehead atoms. The predicted octanol–water partition coefficient (Wildman–Crippen LogP) is 1.08. The maximum Gasteiger partial charge on any atom is 0.0705 e. The van der Waals surface area contributed by atoms with E-state index in [0.29, 0.717) is 25.5 Å². The maximum atomic E-state index is 8.13. The van der Waals surface area contributed by atoms with Crippen LogP contribution in [0.15, 0.2) is 0 Å². The number of hydrogen-bond acceptors (Lipinski definition) is 3. The molecule has 0 aromatic rings. The van der Waals surface area contributed by atoms with E-state index in [1.165, 1.54) is 0 Å². The van der Waals surface area contributed by atoms with Crippen molar-refractivity contribution in [2.75, 3.05) is 13.2 Å². The minimum absolute atomic E-state index is 0.498. The number of nitriles is 1. The Hall–Kier alpha value is -0.590. The summed E-state index contributed by atoms with van der Waals surface area (Å²) in [6.07, 6.45) is 0.498. The number of nitrogens with zero attached hydrogens (tertiary/aromatic N) is 1. The average molecular weight is 142 g/mol. The number of nitrogens with one attached hydrogen (secondary N) is 1. The maximum absolute atomic E-state index is 8.13. The zero-order valence-electron chi connectivity index (χ0n) is 6.55. The van der Waals surface area contributed by atoms with Crippen molar-refractivity contribution in [1.82, 2.24) is 5.48 Å². The molecule has 0 amide bonds. The van der Waals surface area contributed by atoms with Crippen LogP contribution in [-0.2, 0) is 4.84 Å². The zero-order chi connectivity index (χ0) is 7.82. The number of hydrogen-bond donors (Lipinski definition) is 1. The SMILES string of the molecule is CC(C)CONCCC#N. The molecule has 0 radical (unpaired) electrons. The molecule has 3 heteroatoms. The molecule has 0 heterocycles. The van der Waals surface area contributed by atoms with Crippen molar-refractivity contribution in [2.24, 2.45) is 5.92 Å². The molecule has 0 aromatic carbocycles. The molecule has 0 saturated carbocycles. The summed E-state index contributed by atoms with van der Waals surface area (Å²) in [5, 5.41) is 8.13. The molecule has 0 spiro atoms. The fraction of sp³-hybridized carbons (Fsp3) is 0.857. The molecular weight excluding hydrogens is 128 g/mol. The fourth-order valence-corrected chi connectivity index (χ4v) is 0.405.